The molecule has 0 fully saturated rings. The molecule has 1 atom stereocenters. The second-order valence-electron chi connectivity index (χ2n) is 4.84. The van der Waals surface area contributed by atoms with Crippen molar-refractivity contribution in [3.8, 4) is 0 Å². The summed E-state index contributed by atoms with van der Waals surface area (Å²) in [6, 6.07) is 5.34. The molecule has 130 valence electrons. The molecule has 24 heavy (non-hydrogen) atoms. The molecule has 0 N–H and O–H groups in total. The highest BCUT2D eigenvalue weighted by atomic mass is 32.2. The Morgan fingerprint density at radius 1 is 1.21 bits per heavy atom. The smallest absolute Gasteiger partial charge is 0.319 e. The third-order valence-electron chi connectivity index (χ3n) is 3.42. The van der Waals surface area contributed by atoms with E-state index in [1.54, 1.807) is 13.8 Å². The van der Waals surface area contributed by atoms with Gasteiger partial charge in [-0.05, 0) is 25.8 Å². The van der Waals surface area contributed by atoms with Crippen LogP contribution in [-0.4, -0.2) is 43.1 Å². The number of hydrogen-bond donors (Lipinski definition) is 0. The van der Waals surface area contributed by atoms with Crippen LogP contribution in [0.25, 0.3) is 0 Å². The van der Waals surface area contributed by atoms with Crippen LogP contribution in [0.4, 0.5) is 5.69 Å². The average Bonchev–Trinajstić information content (AvgIpc) is 2.53. The van der Waals surface area contributed by atoms with Gasteiger partial charge in [0.2, 0.25) is 5.91 Å². The van der Waals surface area contributed by atoms with Gasteiger partial charge in [-0.3, -0.25) is 19.7 Å². The molecular weight excluding hydrogens is 338 g/mol. The predicted molar refractivity (Wildman–Crippen MR) is 84.6 cm³/mol. The number of hydrogen-bond acceptors (Lipinski definition) is 6. The molecule has 0 spiro atoms. The normalized spacial score (nSPS) is 11.4. The topological polar surface area (TPSA) is 127 Å². The molecule has 0 radical (unpaired) electrons. The van der Waals surface area contributed by atoms with E-state index in [-0.39, 0.29) is 12.1 Å². The number of rotatable bonds is 7. The zero-order valence-electron chi connectivity index (χ0n) is 13.2. The molecule has 2 amide bonds. The highest BCUT2D eigenvalue weighted by Gasteiger charge is 2.30. The lowest BCUT2D eigenvalue weighted by Gasteiger charge is -2.23. The molecule has 0 aliphatic carbocycles. The molecule has 0 aliphatic heterocycles. The molecule has 1 rings (SSSR count). The summed E-state index contributed by atoms with van der Waals surface area (Å²) in [6.07, 6.45) is -0.0904. The summed E-state index contributed by atoms with van der Waals surface area (Å²) in [5.74, 6) is -2.87. The molecule has 0 saturated carbocycles. The molecule has 1 unspecified atom stereocenters. The van der Waals surface area contributed by atoms with E-state index >= 15 is 0 Å². The van der Waals surface area contributed by atoms with Crippen molar-refractivity contribution in [2.75, 3.05) is 13.1 Å². The van der Waals surface area contributed by atoms with Crippen molar-refractivity contribution < 1.29 is 22.9 Å². The number of carbonyl (C=O) groups is 2. The van der Waals surface area contributed by atoms with E-state index in [2.05, 4.69) is 4.36 Å². The molecule has 0 saturated heterocycles. The Bertz CT molecular complexity index is 745. The summed E-state index contributed by atoms with van der Waals surface area (Å²) in [5.41, 5.74) is 0.369. The fraction of sp³-hybridized carbons (Fsp3) is 0.429. The first-order valence-corrected chi connectivity index (χ1v) is 8.20. The zero-order chi connectivity index (χ0) is 18.3. The van der Waals surface area contributed by atoms with E-state index in [1.807, 2.05) is 0 Å². The monoisotopic (exact) mass is 355 g/mol. The van der Waals surface area contributed by atoms with E-state index in [1.165, 1.54) is 29.2 Å². The van der Waals surface area contributed by atoms with Gasteiger partial charge in [0, 0.05) is 25.2 Å². The van der Waals surface area contributed by atoms with E-state index in [0.717, 1.165) is 0 Å². The average molecular weight is 355 g/mol. The SMILES string of the molecule is CCN(CC)C(=O)C(Cc1ccc([N+](=O)[O-])cc1)C(=O)N=S(=O)=O. The first-order chi connectivity index (χ1) is 11.3. The quantitative estimate of drug-likeness (QED) is 0.411. The molecule has 10 heteroatoms. The number of amides is 2. The Labute approximate surface area is 140 Å². The highest BCUT2D eigenvalue weighted by Crippen LogP contribution is 2.17. The summed E-state index contributed by atoms with van der Waals surface area (Å²) >= 11 is 0. The van der Waals surface area contributed by atoms with Gasteiger partial charge >= 0.3 is 10.5 Å². The summed E-state index contributed by atoms with van der Waals surface area (Å²) < 4.78 is 24.2. The van der Waals surface area contributed by atoms with Crippen molar-refractivity contribution in [1.82, 2.24) is 4.90 Å². The summed E-state index contributed by atoms with van der Waals surface area (Å²) in [7, 11) is -2.95. The van der Waals surface area contributed by atoms with Crippen LogP contribution in [0.15, 0.2) is 28.6 Å². The van der Waals surface area contributed by atoms with Crippen molar-refractivity contribution in [1.29, 1.82) is 0 Å². The second-order valence-corrected chi connectivity index (χ2v) is 5.45. The third kappa shape index (κ3) is 5.23. The zero-order valence-corrected chi connectivity index (χ0v) is 14.0. The van der Waals surface area contributed by atoms with Crippen LogP contribution in [-0.2, 0) is 26.5 Å². The maximum atomic E-state index is 12.4. The lowest BCUT2D eigenvalue weighted by atomic mass is 9.97. The van der Waals surface area contributed by atoms with Crippen molar-refractivity contribution in [3.05, 3.63) is 39.9 Å². The van der Waals surface area contributed by atoms with Crippen molar-refractivity contribution >= 4 is 28.0 Å². The van der Waals surface area contributed by atoms with Gasteiger partial charge in [0.05, 0.1) is 4.92 Å². The fourth-order valence-electron chi connectivity index (χ4n) is 2.16. The molecule has 9 nitrogen and oxygen atoms in total. The van der Waals surface area contributed by atoms with Gasteiger partial charge in [-0.1, -0.05) is 16.5 Å². The highest BCUT2D eigenvalue weighted by molar-refractivity contribution is 7.62. The van der Waals surface area contributed by atoms with Crippen LogP contribution < -0.4 is 0 Å². The number of nitro groups is 1. The number of nitro benzene ring substituents is 1. The van der Waals surface area contributed by atoms with E-state index < -0.39 is 33.2 Å². The van der Waals surface area contributed by atoms with Crippen molar-refractivity contribution in [2.24, 2.45) is 10.3 Å². The van der Waals surface area contributed by atoms with Gasteiger partial charge < -0.3 is 4.90 Å². The van der Waals surface area contributed by atoms with Gasteiger partial charge in [0.15, 0.2) is 0 Å². The van der Waals surface area contributed by atoms with Crippen LogP contribution >= 0.6 is 0 Å². The minimum Gasteiger partial charge on any atom is -0.343 e. The minimum atomic E-state index is -2.95. The molecular formula is C14H17N3O6S. The standard InChI is InChI=1S/C14H17N3O6S/c1-3-16(4-2)14(19)12(13(18)15-24(22)23)9-10-5-7-11(8-6-10)17(20)21/h5-8,12H,3-4,9H2,1-2H3. The van der Waals surface area contributed by atoms with Gasteiger partial charge in [0.25, 0.3) is 11.6 Å². The predicted octanol–water partition coefficient (Wildman–Crippen LogP) is 1.21. The summed E-state index contributed by atoms with van der Waals surface area (Å²) in [5, 5.41) is 10.6. The molecule has 0 heterocycles. The first-order valence-electron chi connectivity index (χ1n) is 7.17. The molecule has 0 aliphatic rings. The van der Waals surface area contributed by atoms with Crippen LogP contribution in [0, 0.1) is 16.0 Å². The van der Waals surface area contributed by atoms with Crippen LogP contribution in [0.3, 0.4) is 0 Å². The van der Waals surface area contributed by atoms with E-state index in [4.69, 9.17) is 0 Å². The second kappa shape index (κ2) is 8.87. The maximum absolute atomic E-state index is 12.4. The first kappa shape index (κ1) is 19.4. The van der Waals surface area contributed by atoms with Crippen LogP contribution in [0.1, 0.15) is 19.4 Å². The number of carbonyl (C=O) groups excluding carboxylic acids is 2. The molecule has 0 bridgehead atoms. The number of nitrogens with zero attached hydrogens (tertiary/aromatic N) is 3. The summed E-state index contributed by atoms with van der Waals surface area (Å²) in [4.78, 5) is 35.9. The van der Waals surface area contributed by atoms with E-state index in [9.17, 15) is 28.1 Å². The number of benzene rings is 1. The largest absolute Gasteiger partial charge is 0.343 e. The Hall–Kier alpha value is -2.62. The summed E-state index contributed by atoms with van der Waals surface area (Å²) in [6.45, 7) is 4.19. The minimum absolute atomic E-state index is 0.0904. The molecule has 0 aromatic heterocycles. The van der Waals surface area contributed by atoms with Crippen molar-refractivity contribution in [3.63, 3.8) is 0 Å². The fourth-order valence-corrected chi connectivity index (χ4v) is 2.44. The van der Waals surface area contributed by atoms with E-state index in [0.29, 0.717) is 18.7 Å². The Kier molecular flexibility index (Phi) is 7.18. The molecule has 1 aromatic carbocycles. The van der Waals surface area contributed by atoms with Gasteiger partial charge in [-0.25, -0.2) is 0 Å². The van der Waals surface area contributed by atoms with Gasteiger partial charge in [-0.2, -0.15) is 8.42 Å². The lowest BCUT2D eigenvalue weighted by molar-refractivity contribution is -0.384. The van der Waals surface area contributed by atoms with Crippen LogP contribution in [0.2, 0.25) is 0 Å². The number of non-ortho nitro benzene ring substituents is 1. The Morgan fingerprint density at radius 3 is 2.17 bits per heavy atom. The lowest BCUT2D eigenvalue weighted by Crippen LogP contribution is -2.39. The maximum Gasteiger partial charge on any atom is 0.319 e. The Balaban J connectivity index is 3.13. The van der Waals surface area contributed by atoms with Gasteiger partial charge in [0.1, 0.15) is 5.92 Å². The van der Waals surface area contributed by atoms with Crippen LogP contribution in [0.5, 0.6) is 0 Å². The van der Waals surface area contributed by atoms with Gasteiger partial charge in [-0.15, -0.1) is 0 Å². The van der Waals surface area contributed by atoms with Crippen molar-refractivity contribution in [2.45, 2.75) is 20.3 Å². The third-order valence-corrected chi connectivity index (χ3v) is 3.75. The molecule has 1 aromatic rings. The Morgan fingerprint density at radius 2 is 1.75 bits per heavy atom.